The number of rotatable bonds is 3. The number of amides is 1. The van der Waals surface area contributed by atoms with E-state index in [0.717, 1.165) is 49.4 Å². The van der Waals surface area contributed by atoms with E-state index in [1.807, 2.05) is 12.1 Å². The van der Waals surface area contributed by atoms with Crippen molar-refractivity contribution in [1.82, 2.24) is 19.7 Å². The number of carbonyl (C=O) groups is 2. The van der Waals surface area contributed by atoms with Crippen LogP contribution >= 0.6 is 0 Å². The van der Waals surface area contributed by atoms with Gasteiger partial charge < -0.3 is 14.9 Å². The molecule has 0 atom stereocenters. The van der Waals surface area contributed by atoms with Gasteiger partial charge in [-0.3, -0.25) is 14.4 Å². The first-order valence-corrected chi connectivity index (χ1v) is 11.2. The van der Waals surface area contributed by atoms with Crippen molar-refractivity contribution < 1.29 is 9.59 Å². The molecule has 1 aliphatic carbocycles. The molecule has 8 heteroatoms. The number of pyridine rings is 1. The predicted molar refractivity (Wildman–Crippen MR) is 120 cm³/mol. The van der Waals surface area contributed by atoms with E-state index in [2.05, 4.69) is 25.1 Å². The summed E-state index contributed by atoms with van der Waals surface area (Å²) in [6.07, 6.45) is 7.45. The minimum atomic E-state index is -0.534. The van der Waals surface area contributed by atoms with E-state index >= 15 is 0 Å². The molecule has 0 radical (unpaired) electrons. The smallest absolute Gasteiger partial charge is 0.261 e. The highest BCUT2D eigenvalue weighted by atomic mass is 16.2. The van der Waals surface area contributed by atoms with Crippen LogP contribution in [0.5, 0.6) is 0 Å². The van der Waals surface area contributed by atoms with Crippen LogP contribution in [0.1, 0.15) is 70.8 Å². The van der Waals surface area contributed by atoms with Gasteiger partial charge in [0, 0.05) is 41.9 Å². The summed E-state index contributed by atoms with van der Waals surface area (Å²) in [5.41, 5.74) is 2.03. The van der Waals surface area contributed by atoms with Gasteiger partial charge in [0.2, 0.25) is 0 Å². The second-order valence-electron chi connectivity index (χ2n) is 8.47. The Morgan fingerprint density at radius 2 is 1.75 bits per heavy atom. The van der Waals surface area contributed by atoms with Crippen molar-refractivity contribution in [3.05, 3.63) is 63.3 Å². The molecule has 8 nitrogen and oxygen atoms in total. The summed E-state index contributed by atoms with van der Waals surface area (Å²) in [6.45, 7) is 0.913. The molecule has 0 spiro atoms. The zero-order chi connectivity index (χ0) is 22.1. The van der Waals surface area contributed by atoms with Gasteiger partial charge in [0.25, 0.3) is 11.5 Å². The van der Waals surface area contributed by atoms with Gasteiger partial charge in [0.1, 0.15) is 11.4 Å². The van der Waals surface area contributed by atoms with Crippen molar-refractivity contribution in [3.63, 3.8) is 0 Å². The van der Waals surface area contributed by atoms with Crippen LogP contribution in [0.15, 0.2) is 35.1 Å². The summed E-state index contributed by atoms with van der Waals surface area (Å²) in [6, 6.07) is 8.79. The lowest BCUT2D eigenvalue weighted by atomic mass is 9.93. The lowest BCUT2D eigenvalue weighted by Gasteiger charge is -2.15. The molecule has 1 aromatic carbocycles. The van der Waals surface area contributed by atoms with E-state index in [4.69, 9.17) is 0 Å². The largest absolute Gasteiger partial charge is 0.325 e. The Morgan fingerprint density at radius 3 is 2.59 bits per heavy atom. The minimum Gasteiger partial charge on any atom is -0.325 e. The van der Waals surface area contributed by atoms with Gasteiger partial charge in [-0.05, 0) is 56.0 Å². The second-order valence-corrected chi connectivity index (χ2v) is 8.47. The maximum Gasteiger partial charge on any atom is 0.261 e. The number of aryl methyl sites for hydroxylation is 2. The van der Waals surface area contributed by atoms with Crippen LogP contribution in [-0.2, 0) is 19.4 Å². The molecular formula is C24H25N5O3. The van der Waals surface area contributed by atoms with Crippen LogP contribution in [0.2, 0.25) is 0 Å². The maximum absolute atomic E-state index is 12.7. The summed E-state index contributed by atoms with van der Waals surface area (Å²) in [5, 5.41) is 11.5. The molecule has 164 valence electrons. The predicted octanol–water partition coefficient (Wildman–Crippen LogP) is 3.52. The average molecular weight is 431 g/mol. The average Bonchev–Trinajstić information content (AvgIpc) is 3.15. The van der Waals surface area contributed by atoms with Gasteiger partial charge in [0.15, 0.2) is 11.6 Å². The molecule has 32 heavy (non-hydrogen) atoms. The van der Waals surface area contributed by atoms with Crippen LogP contribution < -0.4 is 10.9 Å². The topological polar surface area (TPSA) is 110 Å². The number of hydrogen-bond acceptors (Lipinski definition) is 5. The molecule has 3 heterocycles. The first kappa shape index (κ1) is 20.4. The Bertz CT molecular complexity index is 1240. The van der Waals surface area contributed by atoms with Crippen molar-refractivity contribution in [3.8, 4) is 11.4 Å². The Labute approximate surface area is 185 Å². The van der Waals surface area contributed by atoms with Gasteiger partial charge in [-0.2, -0.15) is 0 Å². The summed E-state index contributed by atoms with van der Waals surface area (Å²) in [4.78, 5) is 40.0. The molecule has 0 fully saturated rings. The molecule has 1 aliphatic heterocycles. The number of hydrogen-bond donors (Lipinski definition) is 2. The highest BCUT2D eigenvalue weighted by molar-refractivity contribution is 6.06. The van der Waals surface area contributed by atoms with Gasteiger partial charge in [-0.25, -0.2) is 0 Å². The number of H-pyrrole nitrogens is 1. The van der Waals surface area contributed by atoms with Crippen LogP contribution in [0.25, 0.3) is 11.4 Å². The summed E-state index contributed by atoms with van der Waals surface area (Å²) in [5.74, 6) is 1.29. The molecule has 2 N–H and O–H groups in total. The van der Waals surface area contributed by atoms with E-state index in [1.54, 1.807) is 12.1 Å². The highest BCUT2D eigenvalue weighted by Crippen LogP contribution is 2.24. The van der Waals surface area contributed by atoms with Crippen molar-refractivity contribution in [2.45, 2.75) is 57.9 Å². The molecule has 2 aromatic heterocycles. The fourth-order valence-corrected chi connectivity index (χ4v) is 4.52. The quantitative estimate of drug-likeness (QED) is 0.659. The summed E-state index contributed by atoms with van der Waals surface area (Å²) >= 11 is 0. The zero-order valence-electron chi connectivity index (χ0n) is 17.8. The number of benzene rings is 1. The van der Waals surface area contributed by atoms with Gasteiger partial charge >= 0.3 is 0 Å². The molecule has 0 saturated heterocycles. The number of nitrogens with zero attached hydrogens (tertiary/aromatic N) is 3. The third-order valence-electron chi connectivity index (χ3n) is 6.26. The number of aromatic nitrogens is 4. The molecule has 1 amide bonds. The maximum atomic E-state index is 12.7. The number of fused-ring (bicyclic) bond motifs is 2. The Kier molecular flexibility index (Phi) is 5.43. The molecule has 0 unspecified atom stereocenters. The number of Topliss-reactive ketones (excluding diaryl/α,β-unsaturated/α-hetero) is 1. The first-order valence-electron chi connectivity index (χ1n) is 11.2. The zero-order valence-corrected chi connectivity index (χ0v) is 17.8. The number of anilines is 1. The second kappa shape index (κ2) is 8.53. The number of ketones is 1. The fraction of sp³-hybridized carbons (Fsp3) is 0.375. The molecule has 0 saturated carbocycles. The number of carbonyl (C=O) groups excluding carboxylic acids is 2. The summed E-state index contributed by atoms with van der Waals surface area (Å²) < 4.78 is 2.19. The monoisotopic (exact) mass is 431 g/mol. The van der Waals surface area contributed by atoms with Crippen molar-refractivity contribution in [2.24, 2.45) is 0 Å². The highest BCUT2D eigenvalue weighted by Gasteiger charge is 2.22. The number of aromatic amines is 1. The van der Waals surface area contributed by atoms with Gasteiger partial charge in [-0.1, -0.05) is 12.8 Å². The molecular weight excluding hydrogens is 406 g/mol. The normalized spacial score (nSPS) is 15.9. The van der Waals surface area contributed by atoms with Crippen molar-refractivity contribution in [2.75, 3.05) is 5.32 Å². The molecule has 3 aromatic rings. The van der Waals surface area contributed by atoms with E-state index in [-0.39, 0.29) is 11.3 Å². The first-order chi connectivity index (χ1) is 15.6. The molecule has 2 aliphatic rings. The third kappa shape index (κ3) is 3.88. The Hall–Kier alpha value is -3.55. The summed E-state index contributed by atoms with van der Waals surface area (Å²) in [7, 11) is 0. The lowest BCUT2D eigenvalue weighted by molar-refractivity contribution is 0.0971. The molecule has 5 rings (SSSR count). The lowest BCUT2D eigenvalue weighted by Crippen LogP contribution is -2.27. The van der Waals surface area contributed by atoms with Crippen LogP contribution in [0.4, 0.5) is 5.69 Å². The van der Waals surface area contributed by atoms with Crippen LogP contribution in [-0.4, -0.2) is 31.4 Å². The van der Waals surface area contributed by atoms with Crippen LogP contribution in [0.3, 0.4) is 0 Å². The van der Waals surface area contributed by atoms with Crippen molar-refractivity contribution >= 4 is 17.4 Å². The number of nitrogens with one attached hydrogen (secondary N) is 2. The molecule has 0 bridgehead atoms. The van der Waals surface area contributed by atoms with E-state index < -0.39 is 11.5 Å². The Morgan fingerprint density at radius 1 is 0.938 bits per heavy atom. The van der Waals surface area contributed by atoms with E-state index in [1.165, 1.54) is 18.9 Å². The van der Waals surface area contributed by atoms with Crippen LogP contribution in [0, 0.1) is 0 Å². The van der Waals surface area contributed by atoms with E-state index in [0.29, 0.717) is 29.8 Å². The SMILES string of the molecule is O=C1CCCc2[nH]c(=O)c(C(=O)Nc3ccc(-c4nnc5n4CCCCCC5)cc3)cc21. The fourth-order valence-electron chi connectivity index (χ4n) is 4.52. The minimum absolute atomic E-state index is 0.0379. The van der Waals surface area contributed by atoms with Crippen molar-refractivity contribution in [1.29, 1.82) is 0 Å². The third-order valence-corrected chi connectivity index (χ3v) is 6.26. The van der Waals surface area contributed by atoms with Gasteiger partial charge in [0.05, 0.1) is 0 Å². The Balaban J connectivity index is 1.36. The van der Waals surface area contributed by atoms with E-state index in [9.17, 15) is 14.4 Å². The standard InChI is InChI=1S/C24H25N5O3/c30-20-7-5-6-19-17(20)14-18(24(32)26-19)23(31)25-16-11-9-15(10-12-16)22-28-27-21-8-3-1-2-4-13-29(21)22/h9-12,14H,1-8,13H2,(H,25,31)(H,26,32). The van der Waals surface area contributed by atoms with Gasteiger partial charge in [-0.15, -0.1) is 10.2 Å².